The third-order valence-corrected chi connectivity index (χ3v) is 3.82. The highest BCUT2D eigenvalue weighted by atomic mass is 16.6. The summed E-state index contributed by atoms with van der Waals surface area (Å²) < 4.78 is 5.77. The molecule has 3 rings (SSSR count). The van der Waals surface area contributed by atoms with Crippen LogP contribution in [0.1, 0.15) is 23.2 Å². The van der Waals surface area contributed by atoms with Crippen LogP contribution in [0.15, 0.2) is 42.9 Å². The number of likely N-dealkylation sites (tertiary alicyclic amines) is 1. The Kier molecular flexibility index (Phi) is 4.64. The van der Waals surface area contributed by atoms with Crippen molar-refractivity contribution < 1.29 is 14.5 Å². The van der Waals surface area contributed by atoms with Gasteiger partial charge in [0.15, 0.2) is 0 Å². The molecule has 1 fully saturated rings. The lowest BCUT2D eigenvalue weighted by atomic mass is 10.1. The summed E-state index contributed by atoms with van der Waals surface area (Å²) in [7, 11) is 0. The molecule has 24 heavy (non-hydrogen) atoms. The van der Waals surface area contributed by atoms with Gasteiger partial charge >= 0.3 is 0 Å². The number of hydrogen-bond acceptors (Lipinski definition) is 6. The van der Waals surface area contributed by atoms with Crippen LogP contribution < -0.4 is 4.74 Å². The van der Waals surface area contributed by atoms with Crippen LogP contribution >= 0.6 is 0 Å². The Morgan fingerprint density at radius 3 is 2.75 bits per heavy atom. The lowest BCUT2D eigenvalue weighted by molar-refractivity contribution is -0.384. The lowest BCUT2D eigenvalue weighted by Gasteiger charge is -2.32. The number of amides is 1. The molecule has 1 saturated heterocycles. The van der Waals surface area contributed by atoms with Gasteiger partial charge in [0, 0.05) is 36.6 Å². The van der Waals surface area contributed by atoms with E-state index in [1.165, 1.54) is 30.5 Å². The molecule has 0 saturated carbocycles. The molecule has 0 radical (unpaired) electrons. The maximum absolute atomic E-state index is 12.6. The van der Waals surface area contributed by atoms with Crippen molar-refractivity contribution in [3.05, 3.63) is 58.5 Å². The van der Waals surface area contributed by atoms with Crippen molar-refractivity contribution in [3.8, 4) is 5.88 Å². The van der Waals surface area contributed by atoms with Crippen LogP contribution in [0.4, 0.5) is 5.69 Å². The summed E-state index contributed by atoms with van der Waals surface area (Å²) in [4.78, 5) is 32.5. The first kappa shape index (κ1) is 15.9. The average molecular weight is 328 g/mol. The molecule has 1 aromatic carbocycles. The Morgan fingerprint density at radius 2 is 2.08 bits per heavy atom. The Labute approximate surface area is 138 Å². The second-order valence-corrected chi connectivity index (χ2v) is 5.48. The quantitative estimate of drug-likeness (QED) is 0.629. The van der Waals surface area contributed by atoms with E-state index >= 15 is 0 Å². The molecule has 1 unspecified atom stereocenters. The molecule has 2 heterocycles. The van der Waals surface area contributed by atoms with Crippen LogP contribution in [0.5, 0.6) is 5.88 Å². The third kappa shape index (κ3) is 3.65. The normalized spacial score (nSPS) is 17.3. The van der Waals surface area contributed by atoms with Crippen LogP contribution in [-0.4, -0.2) is 44.9 Å². The van der Waals surface area contributed by atoms with Crippen LogP contribution in [0.2, 0.25) is 0 Å². The van der Waals surface area contributed by atoms with Crippen LogP contribution in [0.3, 0.4) is 0 Å². The van der Waals surface area contributed by atoms with E-state index in [0.29, 0.717) is 24.5 Å². The molecule has 1 atom stereocenters. The molecule has 0 aliphatic carbocycles. The molecule has 124 valence electrons. The Morgan fingerprint density at radius 1 is 1.29 bits per heavy atom. The van der Waals surface area contributed by atoms with E-state index in [9.17, 15) is 14.9 Å². The van der Waals surface area contributed by atoms with Crippen molar-refractivity contribution in [1.82, 2.24) is 14.9 Å². The minimum atomic E-state index is -0.486. The summed E-state index contributed by atoms with van der Waals surface area (Å²) in [5.74, 6) is 0.282. The smallest absolute Gasteiger partial charge is 0.269 e. The predicted molar refractivity (Wildman–Crippen MR) is 84.7 cm³/mol. The zero-order valence-corrected chi connectivity index (χ0v) is 12.9. The summed E-state index contributed by atoms with van der Waals surface area (Å²) >= 11 is 0. The molecule has 2 aromatic rings. The topological polar surface area (TPSA) is 98.5 Å². The van der Waals surface area contributed by atoms with Gasteiger partial charge in [-0.3, -0.25) is 19.9 Å². The van der Waals surface area contributed by atoms with Gasteiger partial charge in [-0.05, 0) is 25.0 Å². The third-order valence-electron chi connectivity index (χ3n) is 3.82. The second-order valence-electron chi connectivity index (χ2n) is 5.48. The van der Waals surface area contributed by atoms with Gasteiger partial charge < -0.3 is 9.64 Å². The van der Waals surface area contributed by atoms with Crippen LogP contribution in [0, 0.1) is 10.1 Å². The van der Waals surface area contributed by atoms with Gasteiger partial charge in [0.2, 0.25) is 5.88 Å². The van der Waals surface area contributed by atoms with Gasteiger partial charge in [-0.1, -0.05) is 0 Å². The molecule has 1 aliphatic heterocycles. The number of benzene rings is 1. The van der Waals surface area contributed by atoms with E-state index in [0.717, 1.165) is 12.8 Å². The number of nitro benzene ring substituents is 1. The average Bonchev–Trinajstić information content (AvgIpc) is 2.62. The molecule has 8 heteroatoms. The maximum Gasteiger partial charge on any atom is 0.269 e. The predicted octanol–water partition coefficient (Wildman–Crippen LogP) is 2.07. The van der Waals surface area contributed by atoms with Gasteiger partial charge in [0.25, 0.3) is 11.6 Å². The monoisotopic (exact) mass is 328 g/mol. The summed E-state index contributed by atoms with van der Waals surface area (Å²) in [6.45, 7) is 1.09. The van der Waals surface area contributed by atoms with E-state index in [4.69, 9.17) is 4.74 Å². The molecule has 0 spiro atoms. The number of non-ortho nitro benzene ring substituents is 1. The van der Waals surface area contributed by atoms with E-state index in [-0.39, 0.29) is 17.7 Å². The summed E-state index contributed by atoms with van der Waals surface area (Å²) in [6, 6.07) is 5.64. The minimum Gasteiger partial charge on any atom is -0.471 e. The highest BCUT2D eigenvalue weighted by molar-refractivity contribution is 5.94. The first-order valence-electron chi connectivity index (χ1n) is 7.60. The zero-order valence-electron chi connectivity index (χ0n) is 12.9. The number of aromatic nitrogens is 2. The van der Waals surface area contributed by atoms with Gasteiger partial charge in [-0.2, -0.15) is 0 Å². The number of ether oxygens (including phenoxy) is 1. The highest BCUT2D eigenvalue weighted by Gasteiger charge is 2.26. The zero-order chi connectivity index (χ0) is 16.9. The summed E-state index contributed by atoms with van der Waals surface area (Å²) in [5.41, 5.74) is 0.398. The molecule has 1 amide bonds. The Balaban J connectivity index is 1.65. The molecular formula is C16H16N4O4. The fourth-order valence-corrected chi connectivity index (χ4v) is 2.64. The van der Waals surface area contributed by atoms with E-state index in [1.54, 1.807) is 17.3 Å². The maximum atomic E-state index is 12.6. The molecule has 0 bridgehead atoms. The van der Waals surface area contributed by atoms with Gasteiger partial charge in [0.05, 0.1) is 17.7 Å². The molecule has 0 N–H and O–H groups in total. The molecule has 1 aromatic heterocycles. The number of hydrogen-bond donors (Lipinski definition) is 0. The van der Waals surface area contributed by atoms with Crippen molar-refractivity contribution in [3.63, 3.8) is 0 Å². The van der Waals surface area contributed by atoms with Crippen molar-refractivity contribution in [2.45, 2.75) is 18.9 Å². The van der Waals surface area contributed by atoms with E-state index in [1.807, 2.05) is 0 Å². The van der Waals surface area contributed by atoms with Crippen molar-refractivity contribution in [2.24, 2.45) is 0 Å². The number of nitro groups is 1. The first-order valence-corrected chi connectivity index (χ1v) is 7.60. The first-order chi connectivity index (χ1) is 11.6. The summed E-state index contributed by atoms with van der Waals surface area (Å²) in [5, 5.41) is 10.7. The fraction of sp³-hybridized carbons (Fsp3) is 0.312. The lowest BCUT2D eigenvalue weighted by Crippen LogP contribution is -2.44. The second kappa shape index (κ2) is 7.03. The van der Waals surface area contributed by atoms with Gasteiger partial charge in [0.1, 0.15) is 6.10 Å². The molecule has 8 nitrogen and oxygen atoms in total. The number of carbonyl (C=O) groups excluding carboxylic acids is 1. The van der Waals surface area contributed by atoms with Crippen molar-refractivity contribution in [2.75, 3.05) is 13.1 Å². The largest absolute Gasteiger partial charge is 0.471 e. The van der Waals surface area contributed by atoms with Crippen molar-refractivity contribution in [1.29, 1.82) is 0 Å². The number of rotatable bonds is 4. The molecular weight excluding hydrogens is 312 g/mol. The Hall–Kier alpha value is -3.03. The van der Waals surface area contributed by atoms with Crippen LogP contribution in [-0.2, 0) is 0 Å². The number of piperidine rings is 1. The fourth-order valence-electron chi connectivity index (χ4n) is 2.64. The number of carbonyl (C=O) groups is 1. The SMILES string of the molecule is O=C(c1ccc([N+](=O)[O-])cc1)N1CCCC(Oc2cnccn2)C1. The van der Waals surface area contributed by atoms with Crippen molar-refractivity contribution >= 4 is 11.6 Å². The van der Waals surface area contributed by atoms with Gasteiger partial charge in [-0.25, -0.2) is 4.98 Å². The van der Waals surface area contributed by atoms with E-state index in [2.05, 4.69) is 9.97 Å². The molecule has 1 aliphatic rings. The Bertz CT molecular complexity index is 721. The van der Waals surface area contributed by atoms with E-state index < -0.39 is 4.92 Å². The summed E-state index contributed by atoms with van der Waals surface area (Å²) in [6.07, 6.45) is 6.18. The standard InChI is InChI=1S/C16H16N4O4/c21-16(12-3-5-13(6-4-12)20(22)23)19-9-1-2-14(11-19)24-15-10-17-7-8-18-15/h3-8,10,14H,1-2,9,11H2. The minimum absolute atomic E-state index is 0.0333. The highest BCUT2D eigenvalue weighted by Crippen LogP contribution is 2.19. The number of nitrogens with zero attached hydrogens (tertiary/aromatic N) is 4. The van der Waals surface area contributed by atoms with Crippen LogP contribution in [0.25, 0.3) is 0 Å². The van der Waals surface area contributed by atoms with Gasteiger partial charge in [-0.15, -0.1) is 0 Å².